The number of hydrogen-bond donors (Lipinski definition) is 2. The molecule has 0 spiro atoms. The van der Waals surface area contributed by atoms with E-state index in [2.05, 4.69) is 15.7 Å². The molecule has 22 heavy (non-hydrogen) atoms. The number of carbonyl (C=O) groups is 1. The SMILES string of the molecule is COCCNCCNC(=O)c1cnn(-c2ccc(Cl)cc2)c1. The Labute approximate surface area is 134 Å². The summed E-state index contributed by atoms with van der Waals surface area (Å²) in [6.45, 7) is 2.66. The molecule has 1 amide bonds. The van der Waals surface area contributed by atoms with Gasteiger partial charge in [-0.1, -0.05) is 11.6 Å². The summed E-state index contributed by atoms with van der Waals surface area (Å²) < 4.78 is 6.56. The Hall–Kier alpha value is -1.89. The van der Waals surface area contributed by atoms with Gasteiger partial charge in [-0.05, 0) is 24.3 Å². The van der Waals surface area contributed by atoms with Crippen molar-refractivity contribution in [2.75, 3.05) is 33.4 Å². The number of rotatable bonds is 8. The van der Waals surface area contributed by atoms with Crippen LogP contribution in [0.15, 0.2) is 36.7 Å². The summed E-state index contributed by atoms with van der Waals surface area (Å²) >= 11 is 5.85. The van der Waals surface area contributed by atoms with Crippen molar-refractivity contribution in [1.29, 1.82) is 0 Å². The second-order valence-electron chi connectivity index (χ2n) is 4.65. The molecule has 0 unspecified atom stereocenters. The monoisotopic (exact) mass is 322 g/mol. The first-order chi connectivity index (χ1) is 10.7. The summed E-state index contributed by atoms with van der Waals surface area (Å²) in [7, 11) is 1.65. The van der Waals surface area contributed by atoms with Crippen LogP contribution >= 0.6 is 11.6 Å². The van der Waals surface area contributed by atoms with Gasteiger partial charge < -0.3 is 15.4 Å². The third kappa shape index (κ3) is 4.84. The Bertz CT molecular complexity index is 598. The quantitative estimate of drug-likeness (QED) is 0.723. The number of hydrogen-bond acceptors (Lipinski definition) is 4. The van der Waals surface area contributed by atoms with Gasteiger partial charge in [-0.3, -0.25) is 4.79 Å². The minimum Gasteiger partial charge on any atom is -0.383 e. The molecule has 1 aromatic carbocycles. The molecule has 7 heteroatoms. The highest BCUT2D eigenvalue weighted by molar-refractivity contribution is 6.30. The molecule has 0 aliphatic rings. The molecule has 2 aromatic rings. The van der Waals surface area contributed by atoms with Crippen LogP contribution < -0.4 is 10.6 Å². The molecular formula is C15H19ClN4O2. The normalized spacial score (nSPS) is 10.6. The molecule has 0 aliphatic carbocycles. The van der Waals surface area contributed by atoms with Crippen LogP contribution in [0.1, 0.15) is 10.4 Å². The molecule has 0 saturated carbocycles. The standard InChI is InChI=1S/C15H19ClN4O2/c1-22-9-8-17-6-7-18-15(21)12-10-19-20(11-12)14-4-2-13(16)3-5-14/h2-5,10-11,17H,6-9H2,1H3,(H,18,21). The van der Waals surface area contributed by atoms with E-state index in [1.54, 1.807) is 36.3 Å². The van der Waals surface area contributed by atoms with Gasteiger partial charge in [0.15, 0.2) is 0 Å². The molecule has 1 heterocycles. The van der Waals surface area contributed by atoms with Gasteiger partial charge in [0.25, 0.3) is 5.91 Å². The second-order valence-corrected chi connectivity index (χ2v) is 5.09. The van der Waals surface area contributed by atoms with Gasteiger partial charge in [0.1, 0.15) is 0 Å². The van der Waals surface area contributed by atoms with Crippen LogP contribution in [0, 0.1) is 0 Å². The molecule has 2 N–H and O–H groups in total. The molecule has 0 fully saturated rings. The highest BCUT2D eigenvalue weighted by atomic mass is 35.5. The van der Waals surface area contributed by atoms with E-state index in [0.717, 1.165) is 12.2 Å². The van der Waals surface area contributed by atoms with E-state index in [9.17, 15) is 4.79 Å². The number of nitrogens with one attached hydrogen (secondary N) is 2. The van der Waals surface area contributed by atoms with Crippen LogP contribution in [0.2, 0.25) is 5.02 Å². The summed E-state index contributed by atoms with van der Waals surface area (Å²) in [5.41, 5.74) is 1.37. The lowest BCUT2D eigenvalue weighted by atomic mass is 10.3. The van der Waals surface area contributed by atoms with Gasteiger partial charge in [0.2, 0.25) is 0 Å². The van der Waals surface area contributed by atoms with Crippen LogP contribution in [-0.2, 0) is 4.74 Å². The van der Waals surface area contributed by atoms with Crippen molar-refractivity contribution in [3.8, 4) is 5.69 Å². The van der Waals surface area contributed by atoms with Gasteiger partial charge in [0, 0.05) is 38.0 Å². The fourth-order valence-corrected chi connectivity index (χ4v) is 1.97. The van der Waals surface area contributed by atoms with Crippen LogP contribution in [-0.4, -0.2) is 49.0 Å². The Balaban J connectivity index is 1.83. The number of ether oxygens (including phenoxy) is 1. The lowest BCUT2D eigenvalue weighted by Crippen LogP contribution is -2.32. The number of carbonyl (C=O) groups excluding carboxylic acids is 1. The Morgan fingerprint density at radius 2 is 2.05 bits per heavy atom. The summed E-state index contributed by atoms with van der Waals surface area (Å²) in [6, 6.07) is 7.25. The zero-order chi connectivity index (χ0) is 15.8. The fraction of sp³-hybridized carbons (Fsp3) is 0.333. The van der Waals surface area contributed by atoms with Crippen molar-refractivity contribution in [2.24, 2.45) is 0 Å². The summed E-state index contributed by atoms with van der Waals surface area (Å²) in [5, 5.41) is 10.8. The Morgan fingerprint density at radius 1 is 1.27 bits per heavy atom. The summed E-state index contributed by atoms with van der Waals surface area (Å²) in [4.78, 5) is 12.0. The number of amides is 1. The smallest absolute Gasteiger partial charge is 0.254 e. The first-order valence-corrected chi connectivity index (χ1v) is 7.37. The Morgan fingerprint density at radius 3 is 2.77 bits per heavy atom. The van der Waals surface area contributed by atoms with E-state index < -0.39 is 0 Å². The molecule has 2 rings (SSSR count). The number of aromatic nitrogens is 2. The van der Waals surface area contributed by atoms with Gasteiger partial charge in [0.05, 0.1) is 24.1 Å². The van der Waals surface area contributed by atoms with Crippen molar-refractivity contribution in [3.63, 3.8) is 0 Å². The molecule has 118 valence electrons. The van der Waals surface area contributed by atoms with E-state index in [-0.39, 0.29) is 5.91 Å². The zero-order valence-corrected chi connectivity index (χ0v) is 13.1. The van der Waals surface area contributed by atoms with E-state index in [0.29, 0.717) is 30.3 Å². The lowest BCUT2D eigenvalue weighted by molar-refractivity contribution is 0.0953. The molecule has 0 aliphatic heterocycles. The minimum absolute atomic E-state index is 0.145. The van der Waals surface area contributed by atoms with E-state index in [4.69, 9.17) is 16.3 Å². The highest BCUT2D eigenvalue weighted by Crippen LogP contribution is 2.13. The van der Waals surface area contributed by atoms with E-state index in [1.807, 2.05) is 12.1 Å². The predicted octanol–water partition coefficient (Wildman–Crippen LogP) is 1.49. The maximum atomic E-state index is 12.0. The molecule has 6 nitrogen and oxygen atoms in total. The fourth-order valence-electron chi connectivity index (χ4n) is 1.84. The number of benzene rings is 1. The van der Waals surface area contributed by atoms with Gasteiger partial charge >= 0.3 is 0 Å². The van der Waals surface area contributed by atoms with Crippen molar-refractivity contribution in [1.82, 2.24) is 20.4 Å². The van der Waals surface area contributed by atoms with E-state index >= 15 is 0 Å². The number of nitrogens with zero attached hydrogens (tertiary/aromatic N) is 2. The molecule has 0 radical (unpaired) electrons. The third-order valence-electron chi connectivity index (χ3n) is 3.01. The molecule has 0 saturated heterocycles. The van der Waals surface area contributed by atoms with Crippen molar-refractivity contribution in [3.05, 3.63) is 47.2 Å². The molecular weight excluding hydrogens is 304 g/mol. The van der Waals surface area contributed by atoms with Gasteiger partial charge in [-0.25, -0.2) is 4.68 Å². The Kier molecular flexibility index (Phi) is 6.39. The lowest BCUT2D eigenvalue weighted by Gasteiger charge is -2.05. The average Bonchev–Trinajstić information content (AvgIpc) is 3.01. The first kappa shape index (κ1) is 16.5. The average molecular weight is 323 g/mol. The summed E-state index contributed by atoms with van der Waals surface area (Å²) in [6.07, 6.45) is 3.24. The van der Waals surface area contributed by atoms with Crippen molar-refractivity contribution in [2.45, 2.75) is 0 Å². The van der Waals surface area contributed by atoms with Crippen LogP contribution in [0.3, 0.4) is 0 Å². The maximum Gasteiger partial charge on any atom is 0.254 e. The van der Waals surface area contributed by atoms with Crippen molar-refractivity contribution < 1.29 is 9.53 Å². The van der Waals surface area contributed by atoms with Gasteiger partial charge in [-0.15, -0.1) is 0 Å². The molecule has 0 atom stereocenters. The van der Waals surface area contributed by atoms with Gasteiger partial charge in [-0.2, -0.15) is 5.10 Å². The largest absolute Gasteiger partial charge is 0.383 e. The van der Waals surface area contributed by atoms with Crippen molar-refractivity contribution >= 4 is 17.5 Å². The summed E-state index contributed by atoms with van der Waals surface area (Å²) in [5.74, 6) is -0.145. The third-order valence-corrected chi connectivity index (χ3v) is 3.26. The first-order valence-electron chi connectivity index (χ1n) is 6.99. The minimum atomic E-state index is -0.145. The molecule has 0 bridgehead atoms. The second kappa shape index (κ2) is 8.53. The van der Waals surface area contributed by atoms with Crippen LogP contribution in [0.5, 0.6) is 0 Å². The van der Waals surface area contributed by atoms with Crippen LogP contribution in [0.4, 0.5) is 0 Å². The predicted molar refractivity (Wildman–Crippen MR) is 85.7 cm³/mol. The van der Waals surface area contributed by atoms with Crippen LogP contribution in [0.25, 0.3) is 5.69 Å². The zero-order valence-electron chi connectivity index (χ0n) is 12.4. The molecule has 1 aromatic heterocycles. The topological polar surface area (TPSA) is 68.2 Å². The maximum absolute atomic E-state index is 12.0. The number of halogens is 1. The van der Waals surface area contributed by atoms with E-state index in [1.165, 1.54) is 0 Å². The number of methoxy groups -OCH3 is 1. The highest BCUT2D eigenvalue weighted by Gasteiger charge is 2.08.